The van der Waals surface area contributed by atoms with Crippen LogP contribution in [0, 0.1) is 5.41 Å². The molecule has 0 radical (unpaired) electrons. The van der Waals surface area contributed by atoms with Crippen molar-refractivity contribution in [1.82, 2.24) is 10.2 Å². The highest BCUT2D eigenvalue weighted by atomic mass is 32.2. The molecular formula is C14H24N2O3S. The lowest BCUT2D eigenvalue weighted by atomic mass is 9.58. The largest absolute Gasteiger partial charge is 0.392 e. The number of carbonyl (C=O) groups excluding carboxylic acids is 1. The van der Waals surface area contributed by atoms with Gasteiger partial charge in [0.25, 0.3) is 0 Å². The van der Waals surface area contributed by atoms with Crippen LogP contribution in [-0.2, 0) is 9.53 Å². The molecule has 0 bridgehead atoms. The van der Waals surface area contributed by atoms with E-state index in [1.54, 1.807) is 11.8 Å². The van der Waals surface area contributed by atoms with E-state index in [2.05, 4.69) is 5.32 Å². The molecule has 2 unspecified atom stereocenters. The lowest BCUT2D eigenvalue weighted by molar-refractivity contribution is -0.210. The zero-order valence-electron chi connectivity index (χ0n) is 12.0. The second-order valence-electron chi connectivity index (χ2n) is 6.03. The van der Waals surface area contributed by atoms with Gasteiger partial charge in [-0.25, -0.2) is 0 Å². The van der Waals surface area contributed by atoms with E-state index in [9.17, 15) is 9.90 Å². The van der Waals surface area contributed by atoms with Crippen molar-refractivity contribution >= 4 is 17.7 Å². The number of hydrogen-bond acceptors (Lipinski definition) is 5. The van der Waals surface area contributed by atoms with Gasteiger partial charge in [-0.3, -0.25) is 10.1 Å². The van der Waals surface area contributed by atoms with Crippen LogP contribution in [0.3, 0.4) is 0 Å². The van der Waals surface area contributed by atoms with Crippen LogP contribution in [0.25, 0.3) is 0 Å². The van der Waals surface area contributed by atoms with Crippen molar-refractivity contribution in [2.75, 3.05) is 31.3 Å². The van der Waals surface area contributed by atoms with Crippen LogP contribution >= 0.6 is 11.8 Å². The quantitative estimate of drug-likeness (QED) is 0.791. The highest BCUT2D eigenvalue weighted by Crippen LogP contribution is 2.50. The Morgan fingerprint density at radius 1 is 1.50 bits per heavy atom. The van der Waals surface area contributed by atoms with Crippen LogP contribution < -0.4 is 5.32 Å². The zero-order valence-corrected chi connectivity index (χ0v) is 12.8. The second kappa shape index (κ2) is 5.83. The Bertz CT molecular complexity index is 363. The van der Waals surface area contributed by atoms with Crippen molar-refractivity contribution in [3.63, 3.8) is 0 Å². The first kappa shape index (κ1) is 14.6. The summed E-state index contributed by atoms with van der Waals surface area (Å²) in [6.07, 6.45) is 2.41. The fourth-order valence-corrected chi connectivity index (χ4v) is 4.67. The number of piperidine rings is 1. The molecule has 3 fully saturated rings. The fraction of sp³-hybridized carbons (Fsp3) is 0.929. The van der Waals surface area contributed by atoms with Gasteiger partial charge in [0.05, 0.1) is 18.2 Å². The zero-order chi connectivity index (χ0) is 14.2. The highest BCUT2D eigenvalue weighted by molar-refractivity contribution is 7.99. The Morgan fingerprint density at radius 3 is 2.80 bits per heavy atom. The van der Waals surface area contributed by atoms with Gasteiger partial charge in [-0.05, 0) is 19.8 Å². The molecule has 0 aromatic heterocycles. The third-order valence-corrected chi connectivity index (χ3v) is 6.07. The number of thioether (sulfide) groups is 1. The Morgan fingerprint density at radius 2 is 2.25 bits per heavy atom. The first-order chi connectivity index (χ1) is 9.67. The smallest absolute Gasteiger partial charge is 0.240 e. The maximum absolute atomic E-state index is 12.4. The molecule has 1 saturated carbocycles. The maximum Gasteiger partial charge on any atom is 0.240 e. The molecule has 3 atom stereocenters. The van der Waals surface area contributed by atoms with Crippen molar-refractivity contribution in [1.29, 1.82) is 0 Å². The highest BCUT2D eigenvalue weighted by Gasteiger charge is 2.56. The Kier molecular flexibility index (Phi) is 4.26. The van der Waals surface area contributed by atoms with Crippen LogP contribution in [0.15, 0.2) is 0 Å². The van der Waals surface area contributed by atoms with E-state index in [-0.39, 0.29) is 29.6 Å². The molecule has 1 aliphatic carbocycles. The van der Waals surface area contributed by atoms with Gasteiger partial charge in [-0.15, -0.1) is 11.8 Å². The monoisotopic (exact) mass is 300 g/mol. The van der Waals surface area contributed by atoms with E-state index in [1.165, 1.54) is 0 Å². The van der Waals surface area contributed by atoms with Gasteiger partial charge in [0.2, 0.25) is 5.91 Å². The maximum atomic E-state index is 12.4. The van der Waals surface area contributed by atoms with E-state index in [0.29, 0.717) is 6.61 Å². The average Bonchev–Trinajstić information content (AvgIpc) is 3.01. The number of rotatable bonds is 3. The number of nitrogens with one attached hydrogen (secondary N) is 1. The van der Waals surface area contributed by atoms with Gasteiger partial charge < -0.3 is 14.7 Å². The summed E-state index contributed by atoms with van der Waals surface area (Å²) in [7, 11) is 0. The van der Waals surface area contributed by atoms with Crippen LogP contribution in [-0.4, -0.2) is 65.5 Å². The molecule has 1 spiro atoms. The Hall–Kier alpha value is -0.300. The van der Waals surface area contributed by atoms with Crippen molar-refractivity contribution < 1.29 is 14.6 Å². The van der Waals surface area contributed by atoms with Gasteiger partial charge in [-0.1, -0.05) is 0 Å². The molecular weight excluding hydrogens is 276 g/mol. The van der Waals surface area contributed by atoms with E-state index in [0.717, 1.165) is 44.0 Å². The molecule has 1 amide bonds. The normalized spacial score (nSPS) is 36.1. The van der Waals surface area contributed by atoms with Crippen molar-refractivity contribution in [3.05, 3.63) is 0 Å². The van der Waals surface area contributed by atoms with Gasteiger partial charge in [0, 0.05) is 43.2 Å². The molecule has 0 aromatic carbocycles. The minimum Gasteiger partial charge on any atom is -0.392 e. The number of amides is 1. The van der Waals surface area contributed by atoms with Crippen LogP contribution in [0.5, 0.6) is 0 Å². The van der Waals surface area contributed by atoms with Crippen molar-refractivity contribution in [3.8, 4) is 0 Å². The molecule has 2 heterocycles. The molecule has 2 saturated heterocycles. The minimum absolute atomic E-state index is 0.0111. The summed E-state index contributed by atoms with van der Waals surface area (Å²) in [6.45, 7) is 4.20. The van der Waals surface area contributed by atoms with Crippen LogP contribution in [0.4, 0.5) is 0 Å². The first-order valence-corrected chi connectivity index (χ1v) is 8.72. The topological polar surface area (TPSA) is 61.8 Å². The predicted molar refractivity (Wildman–Crippen MR) is 78.5 cm³/mol. The second-order valence-corrected chi connectivity index (χ2v) is 7.06. The third kappa shape index (κ3) is 2.36. The molecule has 6 heteroatoms. The summed E-state index contributed by atoms with van der Waals surface area (Å²) >= 11 is 1.78. The standard InChI is InChI=1S/C14H24N2O3S/c1-2-19-12-7-11(17)14(12)3-5-16(6-4-14)13(18)10-8-20-9-15-10/h10-12,15,17H,2-9H2,1H3/t10-,11?,12?/m1/s1. The number of aliphatic hydroxyl groups is 1. The first-order valence-electron chi connectivity index (χ1n) is 7.57. The van der Waals surface area contributed by atoms with Gasteiger partial charge in [0.1, 0.15) is 0 Å². The Balaban J connectivity index is 1.57. The molecule has 3 aliphatic rings. The van der Waals surface area contributed by atoms with E-state index in [1.807, 2.05) is 11.8 Å². The number of likely N-dealkylation sites (tertiary alicyclic amines) is 1. The number of carbonyl (C=O) groups is 1. The summed E-state index contributed by atoms with van der Waals surface area (Å²) in [5.41, 5.74) is -0.0926. The predicted octanol–water partition coefficient (Wildman–Crippen LogP) is 0.427. The summed E-state index contributed by atoms with van der Waals surface area (Å²) in [5.74, 6) is 1.98. The third-order valence-electron chi connectivity index (χ3n) is 5.13. The lowest BCUT2D eigenvalue weighted by Gasteiger charge is -2.56. The van der Waals surface area contributed by atoms with Gasteiger partial charge in [-0.2, -0.15) is 0 Å². The number of aliphatic hydroxyl groups excluding tert-OH is 1. The van der Waals surface area contributed by atoms with E-state index >= 15 is 0 Å². The molecule has 2 N–H and O–H groups in total. The molecule has 20 heavy (non-hydrogen) atoms. The molecule has 3 rings (SSSR count). The fourth-order valence-electron chi connectivity index (χ4n) is 3.73. The number of hydrogen-bond donors (Lipinski definition) is 2. The lowest BCUT2D eigenvalue weighted by Crippen LogP contribution is -2.63. The van der Waals surface area contributed by atoms with Crippen molar-refractivity contribution in [2.24, 2.45) is 5.41 Å². The van der Waals surface area contributed by atoms with Gasteiger partial charge >= 0.3 is 0 Å². The average molecular weight is 300 g/mol. The van der Waals surface area contributed by atoms with E-state index < -0.39 is 0 Å². The number of nitrogens with zero attached hydrogens (tertiary/aromatic N) is 1. The van der Waals surface area contributed by atoms with Crippen molar-refractivity contribution in [2.45, 2.75) is 44.4 Å². The van der Waals surface area contributed by atoms with Crippen LogP contribution in [0.2, 0.25) is 0 Å². The number of ether oxygens (including phenoxy) is 1. The minimum atomic E-state index is -0.253. The molecule has 114 valence electrons. The van der Waals surface area contributed by atoms with Crippen LogP contribution in [0.1, 0.15) is 26.2 Å². The van der Waals surface area contributed by atoms with Gasteiger partial charge in [0.15, 0.2) is 0 Å². The summed E-state index contributed by atoms with van der Waals surface area (Å²) < 4.78 is 5.76. The molecule has 5 nitrogen and oxygen atoms in total. The summed E-state index contributed by atoms with van der Waals surface area (Å²) in [5, 5.41) is 13.4. The summed E-state index contributed by atoms with van der Waals surface area (Å²) in [6, 6.07) is -0.0111. The molecule has 0 aromatic rings. The molecule has 2 aliphatic heterocycles. The Labute approximate surface area is 124 Å². The summed E-state index contributed by atoms with van der Waals surface area (Å²) in [4.78, 5) is 14.3. The SMILES string of the molecule is CCOC1CC(O)C12CCN(C(=O)[C@H]1CSCN1)CC2. The van der Waals surface area contributed by atoms with E-state index in [4.69, 9.17) is 4.74 Å².